The van der Waals surface area contributed by atoms with Crippen molar-refractivity contribution in [3.8, 4) is 17.2 Å². The Hall–Kier alpha value is -2.85. The van der Waals surface area contributed by atoms with Gasteiger partial charge in [-0.2, -0.15) is 0 Å². The third kappa shape index (κ3) is 5.23. The van der Waals surface area contributed by atoms with E-state index in [0.717, 1.165) is 11.8 Å². The number of aromatic hydroxyl groups is 1. The molecule has 1 aliphatic rings. The van der Waals surface area contributed by atoms with Gasteiger partial charge >= 0.3 is 0 Å². The van der Waals surface area contributed by atoms with Crippen LogP contribution in [0.2, 0.25) is 10.0 Å². The normalized spacial score (nSPS) is 14.4. The van der Waals surface area contributed by atoms with Gasteiger partial charge in [0.2, 0.25) is 0 Å². The highest BCUT2D eigenvalue weighted by Crippen LogP contribution is 2.43. The fraction of sp³-hybridized carbons (Fsp3) is 0.125. The first kappa shape index (κ1) is 25.2. The number of carbonyl (C=O) groups excluding carboxylic acids is 1. The molecular formula is C24H19Cl2NO6S2. The lowest BCUT2D eigenvalue weighted by Gasteiger charge is -2.20. The predicted octanol–water partition coefficient (Wildman–Crippen LogP) is 5.78. The highest BCUT2D eigenvalue weighted by Gasteiger charge is 2.26. The molecule has 0 aromatic heterocycles. The van der Waals surface area contributed by atoms with Gasteiger partial charge < -0.3 is 19.9 Å². The molecule has 0 spiro atoms. The number of thioether (sulfide) groups is 1. The first-order chi connectivity index (χ1) is 16.6. The lowest BCUT2D eigenvalue weighted by molar-refractivity contribution is -0.112. The number of benzene rings is 3. The summed E-state index contributed by atoms with van der Waals surface area (Å²) in [6.07, 6.45) is 1.56. The van der Waals surface area contributed by atoms with Gasteiger partial charge in [-0.1, -0.05) is 41.0 Å². The van der Waals surface area contributed by atoms with Crippen LogP contribution in [-0.2, 0) is 20.4 Å². The summed E-state index contributed by atoms with van der Waals surface area (Å²) in [5.74, 6) is -0.187. The van der Waals surface area contributed by atoms with Crippen molar-refractivity contribution in [1.29, 1.82) is 0 Å². The van der Waals surface area contributed by atoms with Gasteiger partial charge in [0.1, 0.15) is 17.2 Å². The molecule has 182 valence electrons. The van der Waals surface area contributed by atoms with E-state index in [9.17, 15) is 18.3 Å². The van der Waals surface area contributed by atoms with Crippen molar-refractivity contribution < 1.29 is 27.8 Å². The molecule has 0 radical (unpaired) electrons. The van der Waals surface area contributed by atoms with Gasteiger partial charge in [-0.3, -0.25) is 4.79 Å². The molecule has 7 nitrogen and oxygen atoms in total. The van der Waals surface area contributed by atoms with Crippen molar-refractivity contribution in [3.63, 3.8) is 0 Å². The Morgan fingerprint density at radius 3 is 2.26 bits per heavy atom. The van der Waals surface area contributed by atoms with Gasteiger partial charge in [0, 0.05) is 32.6 Å². The number of halogens is 2. The number of phenols is 1. The van der Waals surface area contributed by atoms with Crippen molar-refractivity contribution in [1.82, 2.24) is 0 Å². The van der Waals surface area contributed by atoms with Gasteiger partial charge in [0.15, 0.2) is 9.84 Å². The number of methoxy groups -OCH3 is 2. The molecule has 0 bridgehead atoms. The van der Waals surface area contributed by atoms with Crippen molar-refractivity contribution in [2.75, 3.05) is 19.5 Å². The Labute approximate surface area is 216 Å². The van der Waals surface area contributed by atoms with E-state index < -0.39 is 9.84 Å². The second-order valence-electron chi connectivity index (χ2n) is 7.45. The summed E-state index contributed by atoms with van der Waals surface area (Å²) in [4.78, 5) is 13.6. The van der Waals surface area contributed by atoms with E-state index in [2.05, 4.69) is 5.32 Å². The Kier molecular flexibility index (Phi) is 7.23. The van der Waals surface area contributed by atoms with Gasteiger partial charge in [-0.25, -0.2) is 8.42 Å². The van der Waals surface area contributed by atoms with Crippen LogP contribution in [0.15, 0.2) is 63.2 Å². The number of phenolic OH excluding ortho intramolecular Hbond substituents is 1. The van der Waals surface area contributed by atoms with Gasteiger partial charge in [-0.15, -0.1) is 0 Å². The maximum absolute atomic E-state index is 13.1. The van der Waals surface area contributed by atoms with E-state index in [0.29, 0.717) is 33.2 Å². The number of hydrogen-bond donors (Lipinski definition) is 2. The Balaban J connectivity index is 1.71. The molecule has 11 heteroatoms. The Morgan fingerprint density at radius 2 is 1.66 bits per heavy atom. The molecule has 4 rings (SSSR count). The van der Waals surface area contributed by atoms with E-state index in [1.165, 1.54) is 38.5 Å². The smallest absolute Gasteiger partial charge is 0.262 e. The Morgan fingerprint density at radius 1 is 1.03 bits per heavy atom. The number of anilines is 1. The van der Waals surface area contributed by atoms with Gasteiger partial charge in [0.25, 0.3) is 5.91 Å². The molecule has 0 unspecified atom stereocenters. The maximum Gasteiger partial charge on any atom is 0.262 e. The van der Waals surface area contributed by atoms with E-state index >= 15 is 0 Å². The number of sulfone groups is 1. The van der Waals surface area contributed by atoms with Crippen molar-refractivity contribution in [3.05, 3.63) is 74.6 Å². The minimum Gasteiger partial charge on any atom is -0.508 e. The van der Waals surface area contributed by atoms with Crippen LogP contribution >= 0.6 is 35.0 Å². The lowest BCUT2D eigenvalue weighted by Crippen LogP contribution is -2.18. The van der Waals surface area contributed by atoms with Crippen LogP contribution < -0.4 is 14.8 Å². The van der Waals surface area contributed by atoms with Crippen LogP contribution in [0.25, 0.3) is 6.08 Å². The molecule has 3 aromatic rings. The molecular weight excluding hydrogens is 533 g/mol. The second-order valence-corrected chi connectivity index (χ2v) is 11.3. The van der Waals surface area contributed by atoms with Crippen LogP contribution in [0.1, 0.15) is 11.1 Å². The van der Waals surface area contributed by atoms with Gasteiger partial charge in [0.05, 0.1) is 41.0 Å². The quantitative estimate of drug-likeness (QED) is 0.374. The van der Waals surface area contributed by atoms with Gasteiger partial charge in [-0.05, 0) is 36.4 Å². The minimum absolute atomic E-state index is 0.0552. The SMILES string of the molecule is COc1cc(O)cc(OC)c1C=C1Sc2cc(S(=O)(=O)Cc3c(Cl)cccc3Cl)ccc2NC1=O. The second kappa shape index (κ2) is 10.0. The number of carbonyl (C=O) groups is 1. The molecule has 0 atom stereocenters. The highest BCUT2D eigenvalue weighted by molar-refractivity contribution is 8.04. The van der Waals surface area contributed by atoms with E-state index in [-0.39, 0.29) is 37.3 Å². The molecule has 1 heterocycles. The number of fused-ring (bicyclic) bond motifs is 1. The van der Waals surface area contributed by atoms with E-state index in [1.54, 1.807) is 30.3 Å². The third-order valence-corrected chi connectivity index (χ3v) is 8.63. The van der Waals surface area contributed by atoms with E-state index in [1.807, 2.05) is 0 Å². The lowest BCUT2D eigenvalue weighted by atomic mass is 10.1. The maximum atomic E-state index is 13.1. The number of rotatable bonds is 6. The van der Waals surface area contributed by atoms with Crippen molar-refractivity contribution >= 4 is 62.5 Å². The first-order valence-electron chi connectivity index (χ1n) is 10.1. The highest BCUT2D eigenvalue weighted by atomic mass is 35.5. The fourth-order valence-electron chi connectivity index (χ4n) is 3.47. The zero-order chi connectivity index (χ0) is 25.3. The molecule has 1 amide bonds. The summed E-state index contributed by atoms with van der Waals surface area (Å²) in [5.41, 5.74) is 1.25. The predicted molar refractivity (Wildman–Crippen MR) is 137 cm³/mol. The summed E-state index contributed by atoms with van der Waals surface area (Å²) in [7, 11) is -0.925. The Bertz CT molecular complexity index is 1430. The molecule has 0 saturated heterocycles. The number of ether oxygens (including phenoxy) is 2. The van der Waals surface area contributed by atoms with Crippen molar-refractivity contribution in [2.45, 2.75) is 15.5 Å². The molecule has 0 fully saturated rings. The summed E-state index contributed by atoms with van der Waals surface area (Å²) in [5, 5.41) is 13.2. The zero-order valence-corrected chi connectivity index (χ0v) is 21.6. The summed E-state index contributed by atoms with van der Waals surface area (Å²) >= 11 is 13.4. The average Bonchev–Trinajstić information content (AvgIpc) is 2.82. The fourth-order valence-corrected chi connectivity index (χ4v) is 6.64. The van der Waals surface area contributed by atoms with Crippen LogP contribution in [0.5, 0.6) is 17.2 Å². The first-order valence-corrected chi connectivity index (χ1v) is 13.3. The largest absolute Gasteiger partial charge is 0.508 e. The molecule has 1 aliphatic heterocycles. The topological polar surface area (TPSA) is 102 Å². The van der Waals surface area contributed by atoms with Crippen LogP contribution in [0.4, 0.5) is 5.69 Å². The minimum atomic E-state index is -3.79. The monoisotopic (exact) mass is 551 g/mol. The summed E-state index contributed by atoms with van der Waals surface area (Å²) < 4.78 is 36.9. The zero-order valence-electron chi connectivity index (χ0n) is 18.5. The van der Waals surface area contributed by atoms with E-state index in [4.69, 9.17) is 32.7 Å². The van der Waals surface area contributed by atoms with Crippen LogP contribution in [-0.4, -0.2) is 33.7 Å². The van der Waals surface area contributed by atoms with Crippen LogP contribution in [0.3, 0.4) is 0 Å². The molecule has 35 heavy (non-hydrogen) atoms. The number of amides is 1. The summed E-state index contributed by atoms with van der Waals surface area (Å²) in [6.45, 7) is 0. The number of nitrogens with one attached hydrogen (secondary N) is 1. The van der Waals surface area contributed by atoms with Crippen molar-refractivity contribution in [2.24, 2.45) is 0 Å². The third-order valence-electron chi connectivity index (χ3n) is 5.20. The standard InChI is InChI=1S/C24H19Cl2NO6S2/c1-32-20-8-13(28)9-21(33-2)15(20)11-23-24(29)27-19-7-6-14(10-22(19)34-23)35(30,31)12-16-17(25)4-3-5-18(16)26/h3-11,28H,12H2,1-2H3,(H,27,29). The molecule has 3 aromatic carbocycles. The summed E-state index contributed by atoms with van der Waals surface area (Å²) in [6, 6.07) is 12.1. The molecule has 0 aliphatic carbocycles. The average molecular weight is 552 g/mol. The van der Waals surface area contributed by atoms with Crippen LogP contribution in [0, 0.1) is 0 Å². The molecule has 0 saturated carbocycles. The number of hydrogen-bond acceptors (Lipinski definition) is 7. The molecule has 2 N–H and O–H groups in total.